The summed E-state index contributed by atoms with van der Waals surface area (Å²) in [4.78, 5) is 16.4. The molecule has 1 N–H and O–H groups in total. The molecule has 0 radical (unpaired) electrons. The van der Waals surface area contributed by atoms with Crippen molar-refractivity contribution in [1.29, 1.82) is 0 Å². The second-order valence-corrected chi connectivity index (χ2v) is 7.46. The minimum Gasteiger partial charge on any atom is -0.431 e. The van der Waals surface area contributed by atoms with Crippen molar-refractivity contribution in [3.05, 3.63) is 65.0 Å². The zero-order valence-electron chi connectivity index (χ0n) is 13.2. The average Bonchev–Trinajstić information content (AvgIpc) is 3.05. The molecule has 0 saturated carbocycles. The fraction of sp³-hybridized carbons (Fsp3) is 0.111. The van der Waals surface area contributed by atoms with Gasteiger partial charge in [-0.05, 0) is 43.3 Å². The van der Waals surface area contributed by atoms with Crippen LogP contribution >= 0.6 is 27.7 Å². The predicted molar refractivity (Wildman–Crippen MR) is 100.0 cm³/mol. The number of benzene rings is 2. The molecule has 0 bridgehead atoms. The Bertz CT molecular complexity index is 883. The third kappa shape index (κ3) is 4.70. The fourth-order valence-electron chi connectivity index (χ4n) is 2.07. The normalized spacial score (nSPS) is 12.0. The molecule has 2 aromatic carbocycles. The van der Waals surface area contributed by atoms with Crippen LogP contribution in [0.15, 0.2) is 68.8 Å². The molecule has 0 fully saturated rings. The van der Waals surface area contributed by atoms with Gasteiger partial charge in [-0.3, -0.25) is 4.79 Å². The molecule has 3 aromatic rings. The molecule has 0 aliphatic carbocycles. The minimum absolute atomic E-state index is 0.209. The van der Waals surface area contributed by atoms with Gasteiger partial charge in [-0.1, -0.05) is 39.8 Å². The first-order chi connectivity index (χ1) is 12.0. The number of oxazole rings is 1. The molecular formula is C18H14BrFN2O2S. The van der Waals surface area contributed by atoms with E-state index in [0.29, 0.717) is 16.7 Å². The van der Waals surface area contributed by atoms with E-state index in [2.05, 4.69) is 26.2 Å². The van der Waals surface area contributed by atoms with Crippen molar-refractivity contribution in [1.82, 2.24) is 4.98 Å². The van der Waals surface area contributed by atoms with E-state index in [-0.39, 0.29) is 11.7 Å². The van der Waals surface area contributed by atoms with Gasteiger partial charge in [0.2, 0.25) is 5.91 Å². The van der Waals surface area contributed by atoms with Crippen molar-refractivity contribution in [2.75, 3.05) is 5.32 Å². The molecule has 0 saturated heterocycles. The SMILES string of the molecule is C[C@@H](Sc1ncc(-c2cccc(Br)c2)o1)C(=O)Nc1ccc(F)cc1. The van der Waals surface area contributed by atoms with Crippen LogP contribution in [-0.2, 0) is 4.79 Å². The van der Waals surface area contributed by atoms with E-state index in [1.807, 2.05) is 24.3 Å². The van der Waals surface area contributed by atoms with Gasteiger partial charge in [0, 0.05) is 15.7 Å². The van der Waals surface area contributed by atoms with Gasteiger partial charge in [-0.15, -0.1) is 0 Å². The summed E-state index contributed by atoms with van der Waals surface area (Å²) in [5.41, 5.74) is 1.44. The van der Waals surface area contributed by atoms with Crippen molar-refractivity contribution in [3.63, 3.8) is 0 Å². The van der Waals surface area contributed by atoms with Crippen molar-refractivity contribution in [3.8, 4) is 11.3 Å². The van der Waals surface area contributed by atoms with Gasteiger partial charge in [0.25, 0.3) is 5.22 Å². The van der Waals surface area contributed by atoms with E-state index in [4.69, 9.17) is 4.42 Å². The fourth-order valence-corrected chi connectivity index (χ4v) is 3.19. The highest BCUT2D eigenvalue weighted by molar-refractivity contribution is 9.10. The first-order valence-electron chi connectivity index (χ1n) is 7.46. The van der Waals surface area contributed by atoms with Gasteiger partial charge in [0.05, 0.1) is 11.4 Å². The van der Waals surface area contributed by atoms with Crippen molar-refractivity contribution < 1.29 is 13.6 Å². The monoisotopic (exact) mass is 420 g/mol. The predicted octanol–water partition coefficient (Wildman–Crippen LogP) is 5.36. The van der Waals surface area contributed by atoms with Crippen molar-refractivity contribution >= 4 is 39.3 Å². The number of hydrogen-bond acceptors (Lipinski definition) is 4. The third-order valence-electron chi connectivity index (χ3n) is 3.35. The Morgan fingerprint density at radius 2 is 2.04 bits per heavy atom. The van der Waals surface area contributed by atoms with Crippen LogP contribution in [0, 0.1) is 5.82 Å². The second kappa shape index (κ2) is 7.84. The van der Waals surface area contributed by atoms with Crippen LogP contribution in [0.2, 0.25) is 0 Å². The summed E-state index contributed by atoms with van der Waals surface area (Å²) in [6, 6.07) is 13.3. The summed E-state index contributed by atoms with van der Waals surface area (Å²) in [5.74, 6) is 0.0778. The molecule has 0 aliphatic rings. The van der Waals surface area contributed by atoms with E-state index in [9.17, 15) is 9.18 Å². The Morgan fingerprint density at radius 3 is 2.76 bits per heavy atom. The van der Waals surface area contributed by atoms with Crippen LogP contribution in [0.25, 0.3) is 11.3 Å². The van der Waals surface area contributed by atoms with E-state index >= 15 is 0 Å². The van der Waals surface area contributed by atoms with Crippen LogP contribution in [0.1, 0.15) is 6.92 Å². The van der Waals surface area contributed by atoms with Gasteiger partial charge in [0.1, 0.15) is 5.82 Å². The van der Waals surface area contributed by atoms with Crippen LogP contribution in [0.3, 0.4) is 0 Å². The van der Waals surface area contributed by atoms with Crippen molar-refractivity contribution in [2.24, 2.45) is 0 Å². The Balaban J connectivity index is 1.64. The quantitative estimate of drug-likeness (QED) is 0.564. The number of nitrogens with zero attached hydrogens (tertiary/aromatic N) is 1. The van der Waals surface area contributed by atoms with Gasteiger partial charge in [-0.25, -0.2) is 9.37 Å². The molecule has 4 nitrogen and oxygen atoms in total. The highest BCUT2D eigenvalue weighted by atomic mass is 79.9. The molecule has 0 spiro atoms. The molecule has 0 unspecified atom stereocenters. The number of anilines is 1. The molecule has 25 heavy (non-hydrogen) atoms. The number of rotatable bonds is 5. The number of carbonyl (C=O) groups excluding carboxylic acids is 1. The van der Waals surface area contributed by atoms with Crippen LogP contribution < -0.4 is 5.32 Å². The lowest BCUT2D eigenvalue weighted by atomic mass is 10.2. The van der Waals surface area contributed by atoms with Crippen LogP contribution in [-0.4, -0.2) is 16.1 Å². The maximum atomic E-state index is 12.9. The van der Waals surface area contributed by atoms with E-state index in [0.717, 1.165) is 10.0 Å². The molecule has 7 heteroatoms. The van der Waals surface area contributed by atoms with E-state index in [1.165, 1.54) is 36.0 Å². The molecular weight excluding hydrogens is 407 g/mol. The minimum atomic E-state index is -0.418. The molecule has 1 amide bonds. The molecule has 3 rings (SSSR count). The lowest BCUT2D eigenvalue weighted by Crippen LogP contribution is -2.22. The van der Waals surface area contributed by atoms with Crippen LogP contribution in [0.4, 0.5) is 10.1 Å². The number of amides is 1. The topological polar surface area (TPSA) is 55.1 Å². The zero-order chi connectivity index (χ0) is 17.8. The average molecular weight is 421 g/mol. The summed E-state index contributed by atoms with van der Waals surface area (Å²) >= 11 is 4.64. The lowest BCUT2D eigenvalue weighted by Gasteiger charge is -2.10. The molecule has 1 heterocycles. The van der Waals surface area contributed by atoms with E-state index in [1.54, 1.807) is 13.1 Å². The third-order valence-corrected chi connectivity index (χ3v) is 4.80. The van der Waals surface area contributed by atoms with Gasteiger partial charge in [0.15, 0.2) is 5.76 Å². The molecule has 0 aliphatic heterocycles. The number of halogens is 2. The zero-order valence-corrected chi connectivity index (χ0v) is 15.6. The highest BCUT2D eigenvalue weighted by Gasteiger charge is 2.18. The molecule has 1 atom stereocenters. The van der Waals surface area contributed by atoms with Crippen LogP contribution in [0.5, 0.6) is 0 Å². The lowest BCUT2D eigenvalue weighted by molar-refractivity contribution is -0.115. The Hall–Kier alpha value is -2.12. The Kier molecular flexibility index (Phi) is 5.55. The first kappa shape index (κ1) is 17.7. The molecule has 128 valence electrons. The maximum absolute atomic E-state index is 12.9. The largest absolute Gasteiger partial charge is 0.431 e. The van der Waals surface area contributed by atoms with Crippen molar-refractivity contribution in [2.45, 2.75) is 17.4 Å². The van der Waals surface area contributed by atoms with Gasteiger partial charge < -0.3 is 9.73 Å². The number of nitrogens with one attached hydrogen (secondary N) is 1. The molecule has 1 aromatic heterocycles. The second-order valence-electron chi connectivity index (χ2n) is 5.26. The summed E-state index contributed by atoms with van der Waals surface area (Å²) in [6.07, 6.45) is 1.63. The Labute approximate surface area is 157 Å². The maximum Gasteiger partial charge on any atom is 0.256 e. The summed E-state index contributed by atoms with van der Waals surface area (Å²) in [6.45, 7) is 1.76. The number of hydrogen-bond donors (Lipinski definition) is 1. The highest BCUT2D eigenvalue weighted by Crippen LogP contribution is 2.29. The van der Waals surface area contributed by atoms with Gasteiger partial charge in [-0.2, -0.15) is 0 Å². The first-order valence-corrected chi connectivity index (χ1v) is 9.13. The van der Waals surface area contributed by atoms with Gasteiger partial charge >= 0.3 is 0 Å². The Morgan fingerprint density at radius 1 is 1.28 bits per heavy atom. The summed E-state index contributed by atoms with van der Waals surface area (Å²) in [7, 11) is 0. The summed E-state index contributed by atoms with van der Waals surface area (Å²) in [5, 5.41) is 2.73. The summed E-state index contributed by atoms with van der Waals surface area (Å²) < 4.78 is 19.6. The number of thioether (sulfide) groups is 1. The standard InChI is InChI=1S/C18H14BrFN2O2S/c1-11(17(23)22-15-7-5-14(20)6-8-15)25-18-21-10-16(24-18)12-3-2-4-13(19)9-12/h2-11H,1H3,(H,22,23)/t11-/m1/s1. The smallest absolute Gasteiger partial charge is 0.256 e. The number of aromatic nitrogens is 1. The van der Waals surface area contributed by atoms with E-state index < -0.39 is 5.25 Å². The number of carbonyl (C=O) groups is 1.